The van der Waals surface area contributed by atoms with Gasteiger partial charge in [0.15, 0.2) is 0 Å². The maximum atomic E-state index is 12.4. The summed E-state index contributed by atoms with van der Waals surface area (Å²) in [4.78, 5) is 45.8. The molecule has 0 spiro atoms. The van der Waals surface area contributed by atoms with Gasteiger partial charge in [0.05, 0.1) is 9.85 Å². The van der Waals surface area contributed by atoms with Gasteiger partial charge in [-0.1, -0.05) is 23.2 Å². The number of nitrogens with one attached hydrogen (secondary N) is 2. The second-order valence-corrected chi connectivity index (χ2v) is 7.20. The number of nitrogens with zero attached hydrogens (tertiary/aromatic N) is 2. The lowest BCUT2D eigenvalue weighted by Gasteiger charge is -2.08. The molecule has 0 atom stereocenters. The van der Waals surface area contributed by atoms with E-state index < -0.39 is 21.7 Å². The van der Waals surface area contributed by atoms with Crippen LogP contribution in [0.2, 0.25) is 10.0 Å². The van der Waals surface area contributed by atoms with E-state index in [4.69, 9.17) is 23.2 Å². The molecule has 0 unspecified atom stereocenters. The van der Waals surface area contributed by atoms with Crippen molar-refractivity contribution in [3.05, 3.63) is 102 Å². The molecule has 3 aromatic rings. The van der Waals surface area contributed by atoms with Gasteiger partial charge in [-0.05, 0) is 48.5 Å². The Hall–Kier alpha value is -4.02. The fourth-order valence-electron chi connectivity index (χ4n) is 2.69. The Morgan fingerprint density at radius 1 is 0.656 bits per heavy atom. The van der Waals surface area contributed by atoms with Gasteiger partial charge >= 0.3 is 0 Å². The van der Waals surface area contributed by atoms with Crippen molar-refractivity contribution in [1.29, 1.82) is 0 Å². The highest BCUT2D eigenvalue weighted by Crippen LogP contribution is 2.29. The van der Waals surface area contributed by atoms with Crippen LogP contribution in [0.5, 0.6) is 0 Å². The average molecular weight is 475 g/mol. The summed E-state index contributed by atoms with van der Waals surface area (Å²) in [5, 5.41) is 27.4. The molecule has 0 radical (unpaired) electrons. The molecular weight excluding hydrogens is 463 g/mol. The Morgan fingerprint density at radius 2 is 1.00 bits per heavy atom. The lowest BCUT2D eigenvalue weighted by atomic mass is 10.1. The summed E-state index contributed by atoms with van der Waals surface area (Å²) in [6.45, 7) is 0. The summed E-state index contributed by atoms with van der Waals surface area (Å²) in [5.41, 5.74) is -0.563. The van der Waals surface area contributed by atoms with Gasteiger partial charge in [-0.2, -0.15) is 0 Å². The summed E-state index contributed by atoms with van der Waals surface area (Å²) in [7, 11) is 0. The van der Waals surface area contributed by atoms with E-state index in [1.807, 2.05) is 0 Å². The minimum absolute atomic E-state index is 0.0405. The van der Waals surface area contributed by atoms with E-state index in [0.717, 1.165) is 12.1 Å². The molecule has 162 valence electrons. The van der Waals surface area contributed by atoms with Crippen LogP contribution < -0.4 is 10.6 Å². The summed E-state index contributed by atoms with van der Waals surface area (Å²) >= 11 is 11.5. The molecule has 32 heavy (non-hydrogen) atoms. The van der Waals surface area contributed by atoms with Crippen molar-refractivity contribution >= 4 is 57.8 Å². The van der Waals surface area contributed by atoms with Crippen LogP contribution in [0, 0.1) is 20.2 Å². The van der Waals surface area contributed by atoms with Crippen molar-refractivity contribution < 1.29 is 19.4 Å². The third kappa shape index (κ3) is 5.17. The highest BCUT2D eigenvalue weighted by Gasteiger charge is 2.19. The Labute approximate surface area is 190 Å². The Morgan fingerprint density at radius 3 is 1.31 bits per heavy atom. The van der Waals surface area contributed by atoms with Crippen LogP contribution in [0.15, 0.2) is 60.7 Å². The molecule has 0 saturated carbocycles. The normalized spacial score (nSPS) is 10.3. The van der Waals surface area contributed by atoms with E-state index in [2.05, 4.69) is 10.6 Å². The number of nitro benzene ring substituents is 2. The maximum absolute atomic E-state index is 12.4. The lowest BCUT2D eigenvalue weighted by Crippen LogP contribution is -2.15. The number of hydrogen-bond donors (Lipinski definition) is 2. The van der Waals surface area contributed by atoms with Crippen molar-refractivity contribution in [3.8, 4) is 0 Å². The van der Waals surface area contributed by atoms with Crippen molar-refractivity contribution in [1.82, 2.24) is 0 Å². The Kier molecular flexibility index (Phi) is 6.67. The minimum Gasteiger partial charge on any atom is -0.316 e. The fraction of sp³-hybridized carbons (Fsp3) is 0. The standard InChI is InChI=1S/C20H12Cl2N4O6/c21-13-5-7-15(17(9-13)25(29)30)23-19(27)11-1-2-12(4-3-11)20(28)24-16-8-6-14(22)10-18(16)26(31)32/h1-10H,(H,23,27)(H,24,28). The van der Waals surface area contributed by atoms with E-state index in [9.17, 15) is 29.8 Å². The number of anilines is 2. The van der Waals surface area contributed by atoms with Crippen LogP contribution in [0.4, 0.5) is 22.7 Å². The van der Waals surface area contributed by atoms with E-state index >= 15 is 0 Å². The van der Waals surface area contributed by atoms with Gasteiger partial charge in [0.25, 0.3) is 23.2 Å². The average Bonchev–Trinajstić information content (AvgIpc) is 2.75. The monoisotopic (exact) mass is 474 g/mol. The number of halogens is 2. The fourth-order valence-corrected chi connectivity index (χ4v) is 3.02. The third-order valence-electron chi connectivity index (χ3n) is 4.22. The van der Waals surface area contributed by atoms with Gasteiger partial charge in [0.1, 0.15) is 11.4 Å². The largest absolute Gasteiger partial charge is 0.316 e. The van der Waals surface area contributed by atoms with Gasteiger partial charge in [-0.15, -0.1) is 0 Å². The number of amides is 2. The topological polar surface area (TPSA) is 144 Å². The second kappa shape index (κ2) is 9.41. The number of rotatable bonds is 6. The molecule has 0 fully saturated rings. The molecule has 0 aliphatic heterocycles. The van der Waals surface area contributed by atoms with Gasteiger partial charge in [0, 0.05) is 33.3 Å². The van der Waals surface area contributed by atoms with Crippen molar-refractivity contribution in [2.24, 2.45) is 0 Å². The highest BCUT2D eigenvalue weighted by molar-refractivity contribution is 6.31. The van der Waals surface area contributed by atoms with Crippen LogP contribution in [-0.4, -0.2) is 21.7 Å². The number of benzene rings is 3. The molecule has 10 nitrogen and oxygen atoms in total. The number of hydrogen-bond acceptors (Lipinski definition) is 6. The Bertz CT molecular complexity index is 1150. The Balaban J connectivity index is 1.75. The molecule has 0 aliphatic carbocycles. The first kappa shape index (κ1) is 22.7. The van der Waals surface area contributed by atoms with Crippen LogP contribution >= 0.6 is 23.2 Å². The van der Waals surface area contributed by atoms with Crippen LogP contribution in [0.1, 0.15) is 20.7 Å². The zero-order chi connectivity index (χ0) is 23.4. The molecular formula is C20H12Cl2N4O6. The zero-order valence-corrected chi connectivity index (χ0v) is 17.4. The minimum atomic E-state index is -0.676. The zero-order valence-electron chi connectivity index (χ0n) is 15.9. The molecule has 12 heteroatoms. The van der Waals surface area contributed by atoms with Crippen LogP contribution in [0.25, 0.3) is 0 Å². The molecule has 0 heterocycles. The molecule has 0 bridgehead atoms. The first-order chi connectivity index (χ1) is 15.2. The summed E-state index contributed by atoms with van der Waals surface area (Å²) in [6.07, 6.45) is 0. The summed E-state index contributed by atoms with van der Waals surface area (Å²) in [5.74, 6) is -1.29. The highest BCUT2D eigenvalue weighted by atomic mass is 35.5. The van der Waals surface area contributed by atoms with E-state index in [-0.39, 0.29) is 43.9 Å². The van der Waals surface area contributed by atoms with Gasteiger partial charge < -0.3 is 10.6 Å². The van der Waals surface area contributed by atoms with Gasteiger partial charge in [0.2, 0.25) is 0 Å². The number of nitro groups is 2. The molecule has 3 aromatic carbocycles. The quantitative estimate of drug-likeness (QED) is 0.365. The van der Waals surface area contributed by atoms with E-state index in [0.29, 0.717) is 0 Å². The van der Waals surface area contributed by atoms with Crippen LogP contribution in [-0.2, 0) is 0 Å². The van der Waals surface area contributed by atoms with Crippen molar-refractivity contribution in [2.45, 2.75) is 0 Å². The predicted octanol–water partition coefficient (Wildman–Crippen LogP) is 5.31. The number of carbonyl (C=O) groups excluding carboxylic acids is 2. The second-order valence-electron chi connectivity index (χ2n) is 6.32. The number of carbonyl (C=O) groups is 2. The van der Waals surface area contributed by atoms with E-state index in [1.54, 1.807) is 0 Å². The van der Waals surface area contributed by atoms with Crippen molar-refractivity contribution in [2.75, 3.05) is 10.6 Å². The molecule has 0 aromatic heterocycles. The smallest absolute Gasteiger partial charge is 0.294 e. The first-order valence-corrected chi connectivity index (χ1v) is 9.52. The molecule has 2 amide bonds. The lowest BCUT2D eigenvalue weighted by molar-refractivity contribution is -0.384. The van der Waals surface area contributed by atoms with Gasteiger partial charge in [-0.3, -0.25) is 29.8 Å². The van der Waals surface area contributed by atoms with Gasteiger partial charge in [-0.25, -0.2) is 0 Å². The molecule has 2 N–H and O–H groups in total. The van der Waals surface area contributed by atoms with Crippen molar-refractivity contribution in [3.63, 3.8) is 0 Å². The molecule has 0 aliphatic rings. The summed E-state index contributed by atoms with van der Waals surface area (Å²) < 4.78 is 0. The first-order valence-electron chi connectivity index (χ1n) is 8.76. The maximum Gasteiger partial charge on any atom is 0.294 e. The third-order valence-corrected chi connectivity index (χ3v) is 4.69. The van der Waals surface area contributed by atoms with E-state index in [1.165, 1.54) is 48.5 Å². The summed E-state index contributed by atoms with van der Waals surface area (Å²) in [6, 6.07) is 13.0. The predicted molar refractivity (Wildman–Crippen MR) is 119 cm³/mol. The SMILES string of the molecule is O=C(Nc1ccc(Cl)cc1[N+](=O)[O-])c1ccc(C(=O)Nc2ccc(Cl)cc2[N+](=O)[O-])cc1. The van der Waals surface area contributed by atoms with Crippen LogP contribution in [0.3, 0.4) is 0 Å². The molecule has 3 rings (SSSR count). The molecule has 0 saturated heterocycles.